The zero-order chi connectivity index (χ0) is 23.0. The predicted molar refractivity (Wildman–Crippen MR) is 123 cm³/mol. The first-order valence-electron chi connectivity index (χ1n) is 10.7. The van der Waals surface area contributed by atoms with Crippen LogP contribution in [0.25, 0.3) is 6.08 Å². The van der Waals surface area contributed by atoms with Gasteiger partial charge in [-0.1, -0.05) is 54.6 Å². The molecule has 1 aromatic heterocycles. The molecule has 3 heterocycles. The van der Waals surface area contributed by atoms with Crippen molar-refractivity contribution in [2.75, 3.05) is 7.05 Å². The lowest BCUT2D eigenvalue weighted by atomic mass is 9.90. The van der Waals surface area contributed by atoms with Gasteiger partial charge in [0.1, 0.15) is 7.05 Å². The summed E-state index contributed by atoms with van der Waals surface area (Å²) in [5.41, 5.74) is 5.93. The molecule has 0 saturated carbocycles. The number of benzene rings is 1. The van der Waals surface area contributed by atoms with Crippen LogP contribution in [0.5, 0.6) is 5.75 Å². The van der Waals surface area contributed by atoms with Crippen molar-refractivity contribution in [2.24, 2.45) is 7.05 Å². The molecule has 0 bridgehead atoms. The van der Waals surface area contributed by atoms with Crippen LogP contribution in [0.3, 0.4) is 0 Å². The average Bonchev–Trinajstić information content (AvgIpc) is 3.01. The van der Waals surface area contributed by atoms with Crippen LogP contribution in [0.1, 0.15) is 35.5 Å². The summed E-state index contributed by atoms with van der Waals surface area (Å²) in [4.78, 5) is 12.4. The molecule has 1 aromatic carbocycles. The van der Waals surface area contributed by atoms with E-state index in [0.717, 1.165) is 17.0 Å². The van der Waals surface area contributed by atoms with Crippen LogP contribution in [0.2, 0.25) is 0 Å². The highest BCUT2D eigenvalue weighted by atomic mass is 16.5. The number of pyridine rings is 1. The van der Waals surface area contributed by atoms with E-state index >= 15 is 0 Å². The first-order chi connectivity index (χ1) is 15.3. The van der Waals surface area contributed by atoms with E-state index in [1.807, 2.05) is 0 Å². The lowest BCUT2D eigenvalue weighted by molar-refractivity contribution is -0.678. The van der Waals surface area contributed by atoms with Crippen molar-refractivity contribution in [3.05, 3.63) is 100 Å². The van der Waals surface area contributed by atoms with Crippen molar-refractivity contribution in [3.63, 3.8) is 0 Å². The van der Waals surface area contributed by atoms with Crippen LogP contribution < -0.4 is 14.4 Å². The Morgan fingerprint density at radius 2 is 1.84 bits per heavy atom. The number of carbonyl (C=O) groups excluding carboxylic acids is 1. The Morgan fingerprint density at radius 3 is 2.47 bits per heavy atom. The quantitative estimate of drug-likeness (QED) is 0.655. The summed E-state index contributed by atoms with van der Waals surface area (Å²) in [7, 11) is 4.22. The van der Waals surface area contributed by atoms with Gasteiger partial charge in [-0.2, -0.15) is 0 Å². The van der Waals surface area contributed by atoms with Gasteiger partial charge < -0.3 is 14.6 Å². The van der Waals surface area contributed by atoms with Gasteiger partial charge >= 0.3 is 0 Å². The number of likely N-dealkylation sites (N-methyl/N-ethyl adjacent to an activating group) is 1. The first kappa shape index (κ1) is 21.8. The highest BCUT2D eigenvalue weighted by Gasteiger charge is 2.52. The zero-order valence-electron chi connectivity index (χ0n) is 19.1. The smallest absolute Gasteiger partial charge is 0.221 e. The number of carboxylic acids is 1. The molecule has 164 valence electrons. The van der Waals surface area contributed by atoms with E-state index < -0.39 is 11.7 Å². The second-order valence-electron chi connectivity index (χ2n) is 8.40. The Hall–Kier alpha value is -3.44. The molecule has 0 saturated heterocycles. The van der Waals surface area contributed by atoms with Crippen molar-refractivity contribution < 1.29 is 19.2 Å². The average molecular weight is 429 g/mol. The van der Waals surface area contributed by atoms with Crippen molar-refractivity contribution in [2.45, 2.75) is 32.5 Å². The number of allylic oxidation sites excluding steroid dienone is 2. The third-order valence-electron chi connectivity index (χ3n) is 6.62. The molecule has 0 fully saturated rings. The third-order valence-corrected chi connectivity index (χ3v) is 6.62. The second-order valence-corrected chi connectivity index (χ2v) is 8.40. The van der Waals surface area contributed by atoms with Crippen molar-refractivity contribution in [1.29, 1.82) is 0 Å². The summed E-state index contributed by atoms with van der Waals surface area (Å²) in [5.74, 6) is -0.144. The van der Waals surface area contributed by atoms with Gasteiger partial charge in [-0.15, -0.1) is 0 Å². The molecule has 0 N–H and O–H groups in total. The van der Waals surface area contributed by atoms with E-state index in [1.165, 1.54) is 28.9 Å². The number of ether oxygens (including phenoxy) is 1. The maximum atomic E-state index is 10.1. The Kier molecular flexibility index (Phi) is 5.61. The van der Waals surface area contributed by atoms with Crippen LogP contribution >= 0.6 is 0 Å². The minimum Gasteiger partial charge on any atom is -0.545 e. The Bertz CT molecular complexity index is 1190. The van der Waals surface area contributed by atoms with E-state index in [9.17, 15) is 9.90 Å². The van der Waals surface area contributed by atoms with E-state index in [4.69, 9.17) is 4.74 Å². The minimum absolute atomic E-state index is 0.220. The zero-order valence-corrected chi connectivity index (χ0v) is 19.1. The van der Waals surface area contributed by atoms with Gasteiger partial charge in [0, 0.05) is 18.6 Å². The van der Waals surface area contributed by atoms with Crippen LogP contribution in [0.4, 0.5) is 0 Å². The van der Waals surface area contributed by atoms with Crippen molar-refractivity contribution >= 4 is 12.0 Å². The lowest BCUT2D eigenvalue weighted by Crippen LogP contribution is -2.54. The van der Waals surface area contributed by atoms with E-state index in [0.29, 0.717) is 0 Å². The maximum Gasteiger partial charge on any atom is 0.221 e. The SMILES string of the molecule is CC1=Cc2cc[n+](C)c(C)c2OC12C(C)=C1C=CC=CC1N2C.O=C([O-])c1ccccc1. The number of hydrogen-bond acceptors (Lipinski definition) is 4. The van der Waals surface area contributed by atoms with Gasteiger partial charge in [0.2, 0.25) is 11.4 Å². The van der Waals surface area contributed by atoms with Gasteiger partial charge in [0.05, 0.1) is 12.0 Å². The molecule has 0 radical (unpaired) electrons. The van der Waals surface area contributed by atoms with Gasteiger partial charge in [-0.3, -0.25) is 4.90 Å². The standard InChI is InChI=1S/C20H23N2O.C7H6O2/c1-13-12-16-10-11-21(4)15(3)19(16)23-20(13)14(2)17-8-6-7-9-18(17)22(20)5;8-7(9)6-4-2-1-3-5-6/h6-12,18H,1-5H3;1-5H,(H,8,9)/q+1;/p-1. The monoisotopic (exact) mass is 428 g/mol. The van der Waals surface area contributed by atoms with E-state index in [2.05, 4.69) is 87.0 Å². The lowest BCUT2D eigenvalue weighted by Gasteiger charge is -2.43. The van der Waals surface area contributed by atoms with Crippen LogP contribution in [-0.4, -0.2) is 29.7 Å². The molecule has 5 heteroatoms. The summed E-state index contributed by atoms with van der Waals surface area (Å²) in [6.45, 7) is 6.50. The van der Waals surface area contributed by atoms with Gasteiger partial charge in [0.15, 0.2) is 11.9 Å². The fourth-order valence-corrected chi connectivity index (χ4v) is 4.72. The van der Waals surface area contributed by atoms with Crippen LogP contribution in [0.15, 0.2) is 83.6 Å². The number of hydrogen-bond donors (Lipinski definition) is 0. The molecule has 2 atom stereocenters. The fourth-order valence-electron chi connectivity index (χ4n) is 4.72. The number of carbonyl (C=O) groups is 1. The highest BCUT2D eigenvalue weighted by Crippen LogP contribution is 2.49. The molecule has 5 nitrogen and oxygen atoms in total. The molecule has 1 aliphatic carbocycles. The summed E-state index contributed by atoms with van der Waals surface area (Å²) in [6.07, 6.45) is 13.1. The predicted octanol–water partition coefficient (Wildman–Crippen LogP) is 3.12. The normalized spacial score (nSPS) is 23.2. The van der Waals surface area contributed by atoms with Gasteiger partial charge in [-0.05, 0) is 49.3 Å². The molecule has 2 aliphatic heterocycles. The first-order valence-corrected chi connectivity index (χ1v) is 10.7. The summed E-state index contributed by atoms with van der Waals surface area (Å²) >= 11 is 0. The molecule has 2 aromatic rings. The number of aromatic nitrogens is 1. The minimum atomic E-state index is -1.13. The largest absolute Gasteiger partial charge is 0.545 e. The Morgan fingerprint density at radius 1 is 1.12 bits per heavy atom. The Labute approximate surface area is 189 Å². The van der Waals surface area contributed by atoms with Crippen molar-refractivity contribution in [3.8, 4) is 5.75 Å². The Balaban J connectivity index is 0.000000230. The maximum absolute atomic E-state index is 10.1. The topological polar surface area (TPSA) is 56.5 Å². The molecule has 0 amide bonds. The van der Waals surface area contributed by atoms with Gasteiger partial charge in [0.25, 0.3) is 0 Å². The second kappa shape index (κ2) is 8.24. The molecular weight excluding hydrogens is 400 g/mol. The summed E-state index contributed by atoms with van der Waals surface area (Å²) < 4.78 is 8.85. The van der Waals surface area contributed by atoms with Gasteiger partial charge in [-0.25, -0.2) is 4.57 Å². The number of rotatable bonds is 1. The molecule has 1 spiro atoms. The molecule has 5 rings (SSSR count). The highest BCUT2D eigenvalue weighted by molar-refractivity contribution is 5.85. The molecule has 3 aliphatic rings. The number of aryl methyl sites for hydroxylation is 1. The number of nitrogens with zero attached hydrogens (tertiary/aromatic N) is 2. The fraction of sp³-hybridized carbons (Fsp3) is 0.259. The number of carboxylic acid groups (broad SMARTS) is 1. The summed E-state index contributed by atoms with van der Waals surface area (Å²) in [6, 6.07) is 10.5. The van der Waals surface area contributed by atoms with E-state index in [-0.39, 0.29) is 11.6 Å². The van der Waals surface area contributed by atoms with Crippen LogP contribution in [-0.2, 0) is 7.05 Å². The number of aromatic carboxylic acids is 1. The van der Waals surface area contributed by atoms with E-state index in [1.54, 1.807) is 18.2 Å². The van der Waals surface area contributed by atoms with Crippen LogP contribution in [0, 0.1) is 6.92 Å². The summed E-state index contributed by atoms with van der Waals surface area (Å²) in [5, 5.41) is 10.1. The molecule has 2 unspecified atom stereocenters. The molecule has 32 heavy (non-hydrogen) atoms. The van der Waals surface area contributed by atoms with Crippen molar-refractivity contribution in [1.82, 2.24) is 4.90 Å². The molecular formula is C27H28N2O3. The number of fused-ring (bicyclic) bond motifs is 2. The third kappa shape index (κ3) is 3.39.